The monoisotopic (exact) mass is 586 g/mol. The summed E-state index contributed by atoms with van der Waals surface area (Å²) in [5, 5.41) is 0. The number of carbonyl (C=O) groups excluding carboxylic acids is 2. The molecule has 0 radical (unpaired) electrons. The number of rotatable bonds is 9. The minimum atomic E-state index is -5.66. The van der Waals surface area contributed by atoms with E-state index in [9.17, 15) is 35.6 Å². The third kappa shape index (κ3) is 6.49. The molecule has 0 bridgehead atoms. The van der Waals surface area contributed by atoms with Gasteiger partial charge in [0.1, 0.15) is 19.0 Å². The molecule has 0 atom stereocenters. The number of carbonyl (C=O) groups is 2. The Bertz CT molecular complexity index is 1240. The molecular formula is C21H19BrF4O8S. The largest absolute Gasteiger partial charge is 0.489 e. The van der Waals surface area contributed by atoms with Crippen LogP contribution in [0.2, 0.25) is 0 Å². The van der Waals surface area contributed by atoms with Crippen LogP contribution in [0.15, 0.2) is 27.6 Å². The third-order valence-electron chi connectivity index (χ3n) is 4.81. The summed E-state index contributed by atoms with van der Waals surface area (Å²) in [6.07, 6.45) is 0.577. The zero-order valence-electron chi connectivity index (χ0n) is 18.5. The van der Waals surface area contributed by atoms with Crippen molar-refractivity contribution in [3.63, 3.8) is 0 Å². The van der Waals surface area contributed by atoms with Gasteiger partial charge >= 0.3 is 22.1 Å². The number of esters is 2. The first-order valence-corrected chi connectivity index (χ1v) is 12.0. The van der Waals surface area contributed by atoms with Crippen molar-refractivity contribution in [2.45, 2.75) is 32.1 Å². The van der Waals surface area contributed by atoms with Crippen LogP contribution in [0.4, 0.5) is 17.6 Å². The van der Waals surface area contributed by atoms with Gasteiger partial charge in [0.25, 0.3) is 0 Å². The summed E-state index contributed by atoms with van der Waals surface area (Å²) in [5.74, 6) is -13.1. The molecule has 0 amide bonds. The molecular weight excluding hydrogens is 568 g/mol. The lowest BCUT2D eigenvalue weighted by molar-refractivity contribution is -0.154. The Balaban J connectivity index is 2.14. The van der Waals surface area contributed by atoms with Crippen molar-refractivity contribution < 1.29 is 54.3 Å². The Labute approximate surface area is 206 Å². The van der Waals surface area contributed by atoms with Gasteiger partial charge in [0.05, 0.1) is 15.5 Å². The molecule has 0 heterocycles. The topological polar surface area (TPSA) is 116 Å². The Morgan fingerprint density at radius 3 is 2.09 bits per heavy atom. The summed E-state index contributed by atoms with van der Waals surface area (Å²) in [6, 6.07) is 3.47. The zero-order valence-corrected chi connectivity index (χ0v) is 20.9. The minimum Gasteiger partial charge on any atom is -0.489 e. The van der Waals surface area contributed by atoms with E-state index in [1.165, 1.54) is 6.07 Å². The van der Waals surface area contributed by atoms with Gasteiger partial charge in [-0.3, -0.25) is 9.35 Å². The lowest BCUT2D eigenvalue weighted by atomic mass is 9.91. The number of halogens is 5. The normalized spacial score (nSPS) is 11.8. The SMILES string of the molecule is CCC(C)(C)C(=O)OCCOc1ccc(C(=O)Oc2c(F)c(F)c(S(=O)(=O)O)c(F)c2F)cc1Br. The number of hydrogen-bond donors (Lipinski definition) is 1. The van der Waals surface area contributed by atoms with Crippen LogP contribution >= 0.6 is 15.9 Å². The standard InChI is InChI=1S/C21H19BrF4O8S/c1-4-21(2,3)20(28)33-8-7-32-12-6-5-10(9-11(12)22)19(27)34-17-13(23)15(25)18(35(29,30)31)16(26)14(17)24/h5-6,9H,4,7-8H2,1-3H3,(H,29,30,31). The predicted molar refractivity (Wildman–Crippen MR) is 116 cm³/mol. The van der Waals surface area contributed by atoms with Crippen molar-refractivity contribution in [3.05, 3.63) is 51.5 Å². The Kier molecular flexibility index (Phi) is 8.89. The molecule has 2 aromatic rings. The van der Waals surface area contributed by atoms with Crippen LogP contribution in [0.3, 0.4) is 0 Å². The summed E-state index contributed by atoms with van der Waals surface area (Å²) in [4.78, 5) is 21.9. The van der Waals surface area contributed by atoms with Crippen molar-refractivity contribution in [1.29, 1.82) is 0 Å². The summed E-state index contributed by atoms with van der Waals surface area (Å²) in [5.41, 5.74) is -0.987. The van der Waals surface area contributed by atoms with Gasteiger partial charge < -0.3 is 14.2 Å². The molecule has 14 heteroatoms. The molecule has 35 heavy (non-hydrogen) atoms. The van der Waals surface area contributed by atoms with Gasteiger partial charge in [0.15, 0.2) is 16.5 Å². The van der Waals surface area contributed by atoms with E-state index >= 15 is 0 Å². The summed E-state index contributed by atoms with van der Waals surface area (Å²) >= 11 is 3.11. The third-order valence-corrected chi connectivity index (χ3v) is 6.31. The van der Waals surface area contributed by atoms with Gasteiger partial charge in [-0.05, 0) is 54.4 Å². The molecule has 0 saturated carbocycles. The van der Waals surface area contributed by atoms with Crippen LogP contribution in [-0.2, 0) is 19.6 Å². The maximum atomic E-state index is 14.1. The van der Waals surface area contributed by atoms with E-state index in [0.29, 0.717) is 6.42 Å². The van der Waals surface area contributed by atoms with Crippen molar-refractivity contribution in [2.75, 3.05) is 13.2 Å². The lowest BCUT2D eigenvalue weighted by Crippen LogP contribution is -2.27. The lowest BCUT2D eigenvalue weighted by Gasteiger charge is -2.20. The smallest absolute Gasteiger partial charge is 0.343 e. The molecule has 0 aliphatic rings. The number of ether oxygens (including phenoxy) is 3. The summed E-state index contributed by atoms with van der Waals surface area (Å²) in [6.45, 7) is 5.20. The van der Waals surface area contributed by atoms with Crippen molar-refractivity contribution in [1.82, 2.24) is 0 Å². The first-order chi connectivity index (χ1) is 16.1. The summed E-state index contributed by atoms with van der Waals surface area (Å²) < 4.78 is 102. The van der Waals surface area contributed by atoms with Crippen LogP contribution in [0.25, 0.3) is 0 Å². The Morgan fingerprint density at radius 2 is 1.60 bits per heavy atom. The van der Waals surface area contributed by atoms with Crippen LogP contribution < -0.4 is 9.47 Å². The maximum Gasteiger partial charge on any atom is 0.343 e. The van der Waals surface area contributed by atoms with Gasteiger partial charge in [-0.25, -0.2) is 13.6 Å². The van der Waals surface area contributed by atoms with Crippen LogP contribution in [0, 0.1) is 28.7 Å². The molecule has 0 aromatic heterocycles. The van der Waals surface area contributed by atoms with Crippen LogP contribution in [0.5, 0.6) is 11.5 Å². The number of benzene rings is 2. The fraction of sp³-hybridized carbons (Fsp3) is 0.333. The highest BCUT2D eigenvalue weighted by Crippen LogP contribution is 2.33. The average Bonchev–Trinajstić information content (AvgIpc) is 2.77. The molecule has 2 aromatic carbocycles. The first-order valence-electron chi connectivity index (χ1n) is 9.77. The van der Waals surface area contributed by atoms with Crippen molar-refractivity contribution in [3.8, 4) is 11.5 Å². The van der Waals surface area contributed by atoms with Gasteiger partial charge in [0.2, 0.25) is 17.4 Å². The van der Waals surface area contributed by atoms with Crippen LogP contribution in [0.1, 0.15) is 37.6 Å². The Hall–Kier alpha value is -2.71. The molecule has 0 spiro atoms. The second-order valence-electron chi connectivity index (χ2n) is 7.65. The number of hydrogen-bond acceptors (Lipinski definition) is 7. The minimum absolute atomic E-state index is 0.0387. The predicted octanol–water partition coefficient (Wildman–Crippen LogP) is 4.83. The van der Waals surface area contributed by atoms with Gasteiger partial charge in [-0.15, -0.1) is 0 Å². The average molecular weight is 587 g/mol. The molecule has 2 rings (SSSR count). The maximum absolute atomic E-state index is 14.1. The van der Waals surface area contributed by atoms with E-state index in [1.807, 2.05) is 6.92 Å². The molecule has 0 unspecified atom stereocenters. The van der Waals surface area contributed by atoms with E-state index in [4.69, 9.17) is 14.0 Å². The zero-order chi connectivity index (χ0) is 26.7. The van der Waals surface area contributed by atoms with Crippen molar-refractivity contribution in [2.24, 2.45) is 5.41 Å². The summed E-state index contributed by atoms with van der Waals surface area (Å²) in [7, 11) is -5.66. The van der Waals surface area contributed by atoms with Gasteiger partial charge in [-0.2, -0.15) is 17.2 Å². The molecule has 0 saturated heterocycles. The molecule has 8 nitrogen and oxygen atoms in total. The second-order valence-corrected chi connectivity index (χ2v) is 9.86. The highest BCUT2D eigenvalue weighted by atomic mass is 79.9. The molecule has 192 valence electrons. The van der Waals surface area contributed by atoms with E-state index in [-0.39, 0.29) is 29.0 Å². The first kappa shape index (κ1) is 28.5. The highest BCUT2D eigenvalue weighted by molar-refractivity contribution is 9.10. The van der Waals surface area contributed by atoms with Gasteiger partial charge in [-0.1, -0.05) is 6.92 Å². The fourth-order valence-electron chi connectivity index (χ4n) is 2.43. The highest BCUT2D eigenvalue weighted by Gasteiger charge is 2.34. The molecule has 0 fully saturated rings. The molecule has 0 aliphatic heterocycles. The van der Waals surface area contributed by atoms with E-state index in [2.05, 4.69) is 20.7 Å². The van der Waals surface area contributed by atoms with Crippen molar-refractivity contribution >= 4 is 38.0 Å². The van der Waals surface area contributed by atoms with Gasteiger partial charge in [0, 0.05) is 0 Å². The van der Waals surface area contributed by atoms with E-state index in [0.717, 1.165) is 12.1 Å². The second kappa shape index (κ2) is 10.9. The quantitative estimate of drug-likeness (QED) is 0.111. The molecule has 1 N–H and O–H groups in total. The Morgan fingerprint density at radius 1 is 1.03 bits per heavy atom. The fourth-order valence-corrected chi connectivity index (χ4v) is 3.56. The van der Waals surface area contributed by atoms with E-state index < -0.39 is 61.4 Å². The van der Waals surface area contributed by atoms with Crippen LogP contribution in [-0.4, -0.2) is 38.1 Å². The van der Waals surface area contributed by atoms with E-state index in [1.54, 1.807) is 13.8 Å². The molecule has 0 aliphatic carbocycles.